The number of Topliss-reactive ketones (excluding diaryl/α,β-unsaturated/α-hetero) is 1. The molecule has 0 radical (unpaired) electrons. The topological polar surface area (TPSA) is 101 Å². The Balaban J connectivity index is 2.28. The first-order chi connectivity index (χ1) is 10.9. The van der Waals surface area contributed by atoms with Crippen LogP contribution < -0.4 is 5.32 Å². The molecule has 2 N–H and O–H groups in total. The lowest BCUT2D eigenvalue weighted by molar-refractivity contribution is -0.115. The van der Waals surface area contributed by atoms with Gasteiger partial charge < -0.3 is 15.0 Å². The lowest BCUT2D eigenvalue weighted by atomic mass is 10.1. The third kappa shape index (κ3) is 3.63. The second-order valence-corrected chi connectivity index (χ2v) is 4.99. The quantitative estimate of drug-likeness (QED) is 0.648. The summed E-state index contributed by atoms with van der Waals surface area (Å²) < 4.78 is 4.74. The van der Waals surface area contributed by atoms with Gasteiger partial charge in [0.1, 0.15) is 0 Å². The van der Waals surface area contributed by atoms with Crippen LogP contribution in [0.2, 0.25) is 0 Å². The number of anilines is 1. The van der Waals surface area contributed by atoms with Crippen molar-refractivity contribution in [2.45, 2.75) is 20.3 Å². The number of nitrogens with one attached hydrogen (secondary N) is 2. The van der Waals surface area contributed by atoms with E-state index in [1.54, 1.807) is 25.3 Å². The van der Waals surface area contributed by atoms with Crippen molar-refractivity contribution in [1.29, 1.82) is 0 Å². The van der Waals surface area contributed by atoms with Gasteiger partial charge >= 0.3 is 5.97 Å². The molecule has 0 saturated heterocycles. The van der Waals surface area contributed by atoms with Crippen molar-refractivity contribution in [3.63, 3.8) is 0 Å². The molecule has 1 amide bonds. The van der Waals surface area contributed by atoms with Gasteiger partial charge in [-0.05, 0) is 24.6 Å². The highest BCUT2D eigenvalue weighted by Crippen LogP contribution is 2.21. The molecule has 120 valence electrons. The van der Waals surface area contributed by atoms with E-state index in [1.807, 2.05) is 0 Å². The fourth-order valence-corrected chi connectivity index (χ4v) is 2.32. The summed E-state index contributed by atoms with van der Waals surface area (Å²) in [5.41, 5.74) is 1.90. The maximum atomic E-state index is 12.1. The molecule has 2 heterocycles. The SMILES string of the molecule is COC(=O)c1c(CC(=O)Nc2cccnc2)[nH]c(C(C)=O)c1C. The van der Waals surface area contributed by atoms with E-state index in [0.717, 1.165) is 0 Å². The molecule has 2 aromatic heterocycles. The first-order valence-corrected chi connectivity index (χ1v) is 6.94. The predicted molar refractivity (Wildman–Crippen MR) is 83.4 cm³/mol. The molecule has 7 nitrogen and oxygen atoms in total. The number of hydrogen-bond acceptors (Lipinski definition) is 5. The molecule has 0 bridgehead atoms. The van der Waals surface area contributed by atoms with Gasteiger partial charge in [0.05, 0.1) is 36.7 Å². The summed E-state index contributed by atoms with van der Waals surface area (Å²) in [6.45, 7) is 3.03. The summed E-state index contributed by atoms with van der Waals surface area (Å²) in [7, 11) is 1.25. The Hall–Kier alpha value is -2.96. The minimum Gasteiger partial charge on any atom is -0.465 e. The molecular formula is C16H17N3O4. The molecular weight excluding hydrogens is 298 g/mol. The molecule has 0 aliphatic heterocycles. The Bertz CT molecular complexity index is 750. The third-order valence-electron chi connectivity index (χ3n) is 3.35. The number of nitrogens with zero attached hydrogens (tertiary/aromatic N) is 1. The molecule has 0 aromatic carbocycles. The monoisotopic (exact) mass is 315 g/mol. The number of carbonyl (C=O) groups is 3. The van der Waals surface area contributed by atoms with Gasteiger partial charge in [-0.25, -0.2) is 4.79 Å². The Kier molecular flexibility index (Phi) is 4.90. The number of esters is 1. The Morgan fingerprint density at radius 2 is 2.09 bits per heavy atom. The van der Waals surface area contributed by atoms with Crippen LogP contribution in [-0.4, -0.2) is 34.7 Å². The van der Waals surface area contributed by atoms with Gasteiger partial charge in [0, 0.05) is 18.8 Å². The van der Waals surface area contributed by atoms with E-state index in [0.29, 0.717) is 22.6 Å². The second-order valence-electron chi connectivity index (χ2n) is 4.99. The average molecular weight is 315 g/mol. The summed E-state index contributed by atoms with van der Waals surface area (Å²) in [6.07, 6.45) is 3.02. The number of ether oxygens (including phenoxy) is 1. The van der Waals surface area contributed by atoms with Crippen molar-refractivity contribution < 1.29 is 19.1 Å². The van der Waals surface area contributed by atoms with Crippen LogP contribution in [0, 0.1) is 6.92 Å². The fraction of sp³-hybridized carbons (Fsp3) is 0.250. The standard InChI is InChI=1S/C16H17N3O4/c1-9-14(16(22)23-3)12(19-15(9)10(2)20)7-13(21)18-11-5-4-6-17-8-11/h4-6,8,19H,7H2,1-3H3,(H,18,21). The van der Waals surface area contributed by atoms with Crippen LogP contribution in [0.15, 0.2) is 24.5 Å². The van der Waals surface area contributed by atoms with Crippen molar-refractivity contribution in [2.24, 2.45) is 0 Å². The Morgan fingerprint density at radius 3 is 2.65 bits per heavy atom. The van der Waals surface area contributed by atoms with Crippen molar-refractivity contribution in [1.82, 2.24) is 9.97 Å². The number of methoxy groups -OCH3 is 1. The van der Waals surface area contributed by atoms with Crippen molar-refractivity contribution in [2.75, 3.05) is 12.4 Å². The Labute approximate surface area is 133 Å². The highest BCUT2D eigenvalue weighted by molar-refractivity contribution is 6.02. The predicted octanol–water partition coefficient (Wildman–Crippen LogP) is 1.89. The van der Waals surface area contributed by atoms with Gasteiger partial charge in [0.25, 0.3) is 0 Å². The summed E-state index contributed by atoms with van der Waals surface area (Å²) in [4.78, 5) is 42.5. The fourth-order valence-electron chi connectivity index (χ4n) is 2.32. The van der Waals surface area contributed by atoms with E-state index in [2.05, 4.69) is 15.3 Å². The second kappa shape index (κ2) is 6.87. The van der Waals surface area contributed by atoms with E-state index in [9.17, 15) is 14.4 Å². The third-order valence-corrected chi connectivity index (χ3v) is 3.35. The molecule has 0 fully saturated rings. The maximum absolute atomic E-state index is 12.1. The first kappa shape index (κ1) is 16.4. The Morgan fingerprint density at radius 1 is 1.35 bits per heavy atom. The number of rotatable bonds is 5. The van der Waals surface area contributed by atoms with Crippen LogP contribution >= 0.6 is 0 Å². The van der Waals surface area contributed by atoms with E-state index in [1.165, 1.54) is 20.2 Å². The molecule has 2 aromatic rings. The molecule has 0 atom stereocenters. The minimum absolute atomic E-state index is 0.0898. The van der Waals surface area contributed by atoms with Crippen molar-refractivity contribution >= 4 is 23.3 Å². The molecule has 0 saturated carbocycles. The van der Waals surface area contributed by atoms with Gasteiger partial charge in [0.2, 0.25) is 5.91 Å². The van der Waals surface area contributed by atoms with Gasteiger partial charge in [-0.15, -0.1) is 0 Å². The van der Waals surface area contributed by atoms with Gasteiger partial charge in [-0.2, -0.15) is 0 Å². The number of amides is 1. The van der Waals surface area contributed by atoms with Gasteiger partial charge in [-0.1, -0.05) is 0 Å². The van der Waals surface area contributed by atoms with Crippen LogP contribution in [0.4, 0.5) is 5.69 Å². The van der Waals surface area contributed by atoms with Crippen molar-refractivity contribution in [3.05, 3.63) is 47.0 Å². The van der Waals surface area contributed by atoms with E-state index in [4.69, 9.17) is 4.74 Å². The van der Waals surface area contributed by atoms with Crippen LogP contribution in [0.1, 0.15) is 39.0 Å². The van der Waals surface area contributed by atoms with Crippen LogP contribution in [0.3, 0.4) is 0 Å². The number of carbonyl (C=O) groups excluding carboxylic acids is 3. The molecule has 0 unspecified atom stereocenters. The van der Waals surface area contributed by atoms with Gasteiger partial charge in [-0.3, -0.25) is 14.6 Å². The zero-order valence-electron chi connectivity index (χ0n) is 13.1. The number of H-pyrrole nitrogens is 1. The summed E-state index contributed by atoms with van der Waals surface area (Å²) >= 11 is 0. The molecule has 2 rings (SSSR count). The summed E-state index contributed by atoms with van der Waals surface area (Å²) in [5.74, 6) is -1.14. The molecule has 7 heteroatoms. The summed E-state index contributed by atoms with van der Waals surface area (Å²) in [6, 6.07) is 3.40. The molecule has 23 heavy (non-hydrogen) atoms. The average Bonchev–Trinajstić information content (AvgIpc) is 2.84. The number of aromatic nitrogens is 2. The molecule has 0 aliphatic carbocycles. The lowest BCUT2D eigenvalue weighted by Gasteiger charge is -2.05. The number of hydrogen-bond donors (Lipinski definition) is 2. The highest BCUT2D eigenvalue weighted by Gasteiger charge is 2.24. The largest absolute Gasteiger partial charge is 0.465 e. The van der Waals surface area contributed by atoms with Crippen LogP contribution in [0.25, 0.3) is 0 Å². The van der Waals surface area contributed by atoms with E-state index in [-0.39, 0.29) is 23.7 Å². The van der Waals surface area contributed by atoms with Crippen LogP contribution in [0.5, 0.6) is 0 Å². The van der Waals surface area contributed by atoms with E-state index < -0.39 is 5.97 Å². The number of aromatic amines is 1. The molecule has 0 spiro atoms. The minimum atomic E-state index is -0.588. The maximum Gasteiger partial charge on any atom is 0.339 e. The first-order valence-electron chi connectivity index (χ1n) is 6.94. The lowest BCUT2D eigenvalue weighted by Crippen LogP contribution is -2.17. The van der Waals surface area contributed by atoms with Crippen molar-refractivity contribution in [3.8, 4) is 0 Å². The normalized spacial score (nSPS) is 10.2. The number of ketones is 1. The number of pyridine rings is 1. The molecule has 0 aliphatic rings. The van der Waals surface area contributed by atoms with E-state index >= 15 is 0 Å². The highest BCUT2D eigenvalue weighted by atomic mass is 16.5. The smallest absolute Gasteiger partial charge is 0.339 e. The zero-order valence-corrected chi connectivity index (χ0v) is 13.1. The zero-order chi connectivity index (χ0) is 17.0. The summed E-state index contributed by atoms with van der Waals surface area (Å²) in [5, 5.41) is 2.67. The van der Waals surface area contributed by atoms with Gasteiger partial charge in [0.15, 0.2) is 5.78 Å². The van der Waals surface area contributed by atoms with Crippen LogP contribution in [-0.2, 0) is 16.0 Å².